The number of hydrogen-bond donors (Lipinski definition) is 1. The van der Waals surface area contributed by atoms with E-state index in [4.69, 9.17) is 4.74 Å². The number of hydrogen-bond acceptors (Lipinski definition) is 5. The van der Waals surface area contributed by atoms with Crippen LogP contribution in [-0.4, -0.2) is 38.8 Å². The van der Waals surface area contributed by atoms with Crippen LogP contribution < -0.4 is 15.1 Å². The van der Waals surface area contributed by atoms with Gasteiger partial charge in [-0.3, -0.25) is 4.79 Å². The Balaban J connectivity index is 1.55. The fourth-order valence-electron chi connectivity index (χ4n) is 3.86. The van der Waals surface area contributed by atoms with Gasteiger partial charge in [0.1, 0.15) is 11.6 Å². The second-order valence-corrected chi connectivity index (χ2v) is 7.12. The maximum Gasteiger partial charge on any atom is 0.270 e. The van der Waals surface area contributed by atoms with Gasteiger partial charge in [0, 0.05) is 31.5 Å². The summed E-state index contributed by atoms with van der Waals surface area (Å²) in [6.07, 6.45) is 3.38. The van der Waals surface area contributed by atoms with E-state index in [1.165, 1.54) is 6.20 Å². The highest BCUT2D eigenvalue weighted by molar-refractivity contribution is 6.09. The first kappa shape index (κ1) is 19.0. The maximum absolute atomic E-state index is 13.1. The molecule has 0 unspecified atom stereocenters. The van der Waals surface area contributed by atoms with Crippen molar-refractivity contribution in [3.05, 3.63) is 65.9 Å². The molecule has 2 aliphatic heterocycles. The number of morpholine rings is 1. The molecule has 0 saturated carbocycles. The molecule has 1 N–H and O–H groups in total. The van der Waals surface area contributed by atoms with E-state index < -0.39 is 0 Å². The van der Waals surface area contributed by atoms with Gasteiger partial charge in [0.15, 0.2) is 0 Å². The molecule has 1 amide bonds. The van der Waals surface area contributed by atoms with Crippen LogP contribution >= 0.6 is 0 Å². The normalized spacial score (nSPS) is 16.7. The summed E-state index contributed by atoms with van der Waals surface area (Å²) in [5, 5.41) is 12.8. The van der Waals surface area contributed by atoms with Gasteiger partial charge in [0.25, 0.3) is 5.91 Å². The molecule has 0 spiro atoms. The van der Waals surface area contributed by atoms with Crippen LogP contribution in [0.1, 0.15) is 12.0 Å². The monoisotopic (exact) mass is 388 g/mol. The van der Waals surface area contributed by atoms with Crippen LogP contribution in [0, 0.1) is 11.3 Å². The number of anilines is 3. The van der Waals surface area contributed by atoms with Crippen molar-refractivity contribution in [1.29, 1.82) is 5.26 Å². The smallest absolute Gasteiger partial charge is 0.270 e. The number of amides is 1. The Hall–Kier alpha value is -3.30. The van der Waals surface area contributed by atoms with Crippen LogP contribution in [0.25, 0.3) is 0 Å². The van der Waals surface area contributed by atoms with Crippen LogP contribution in [0.4, 0.5) is 17.1 Å². The van der Waals surface area contributed by atoms with Gasteiger partial charge in [-0.15, -0.1) is 0 Å². The summed E-state index contributed by atoms with van der Waals surface area (Å²) in [7, 11) is 0. The Labute approximate surface area is 171 Å². The highest BCUT2D eigenvalue weighted by Gasteiger charge is 2.25. The number of carbonyl (C=O) groups is 1. The molecule has 4 rings (SSSR count). The van der Waals surface area contributed by atoms with E-state index in [0.29, 0.717) is 19.8 Å². The Kier molecular flexibility index (Phi) is 5.78. The number of nitriles is 1. The number of nitrogens with zero attached hydrogens (tertiary/aromatic N) is 3. The van der Waals surface area contributed by atoms with E-state index in [1.807, 2.05) is 48.5 Å². The van der Waals surface area contributed by atoms with Crippen molar-refractivity contribution in [2.45, 2.75) is 12.8 Å². The first-order chi connectivity index (χ1) is 14.3. The van der Waals surface area contributed by atoms with Crippen LogP contribution in [0.2, 0.25) is 0 Å². The molecule has 0 atom stereocenters. The third-order valence-corrected chi connectivity index (χ3v) is 5.33. The Morgan fingerprint density at radius 1 is 1.03 bits per heavy atom. The van der Waals surface area contributed by atoms with Crippen molar-refractivity contribution in [3.63, 3.8) is 0 Å². The van der Waals surface area contributed by atoms with Crippen molar-refractivity contribution in [1.82, 2.24) is 0 Å². The molecule has 6 heteroatoms. The second kappa shape index (κ2) is 8.80. The van der Waals surface area contributed by atoms with E-state index in [1.54, 1.807) is 4.90 Å². The molecule has 6 nitrogen and oxygen atoms in total. The largest absolute Gasteiger partial charge is 0.378 e. The molecule has 1 fully saturated rings. The Morgan fingerprint density at radius 3 is 2.55 bits per heavy atom. The zero-order valence-electron chi connectivity index (χ0n) is 16.3. The topological polar surface area (TPSA) is 68.6 Å². The number of carbonyl (C=O) groups excluding carboxylic acids is 1. The molecular formula is C23H24N4O2. The Bertz CT molecular complexity index is 957. The molecule has 29 heavy (non-hydrogen) atoms. The van der Waals surface area contributed by atoms with Crippen molar-refractivity contribution in [2.24, 2.45) is 0 Å². The van der Waals surface area contributed by atoms with Gasteiger partial charge in [0.05, 0.1) is 24.6 Å². The molecular weight excluding hydrogens is 364 g/mol. The predicted octanol–water partition coefficient (Wildman–Crippen LogP) is 3.32. The number of para-hydroxylation sites is 3. The lowest BCUT2D eigenvalue weighted by atomic mass is 10.0. The SMILES string of the molecule is N#C/C(=C/Nc1ccccc1N1CCOCC1)C(=O)N1CCCc2ccccc21. The van der Waals surface area contributed by atoms with Gasteiger partial charge < -0.3 is 19.9 Å². The lowest BCUT2D eigenvalue weighted by Gasteiger charge is -2.30. The first-order valence-corrected chi connectivity index (χ1v) is 9.96. The van der Waals surface area contributed by atoms with Crippen LogP contribution in [-0.2, 0) is 16.0 Å². The Morgan fingerprint density at radius 2 is 1.76 bits per heavy atom. The zero-order chi connectivity index (χ0) is 20.1. The average Bonchev–Trinajstić information content (AvgIpc) is 2.80. The molecule has 2 aromatic carbocycles. The molecule has 0 aromatic heterocycles. The molecule has 1 saturated heterocycles. The lowest BCUT2D eigenvalue weighted by Crippen LogP contribution is -2.37. The summed E-state index contributed by atoms with van der Waals surface area (Å²) >= 11 is 0. The molecule has 2 aromatic rings. The summed E-state index contributed by atoms with van der Waals surface area (Å²) in [5.74, 6) is -0.268. The standard InChI is InChI=1S/C23H24N4O2/c24-16-19(23(28)27-11-5-7-18-6-1-3-9-21(18)27)17-25-20-8-2-4-10-22(20)26-12-14-29-15-13-26/h1-4,6,8-10,17,25H,5,7,11-15H2/b19-17-. The number of rotatable bonds is 4. The second-order valence-electron chi connectivity index (χ2n) is 7.12. The van der Waals surface area contributed by atoms with Crippen molar-refractivity contribution in [2.75, 3.05) is 48.0 Å². The van der Waals surface area contributed by atoms with E-state index in [9.17, 15) is 10.1 Å². The van der Waals surface area contributed by atoms with Crippen LogP contribution in [0.15, 0.2) is 60.3 Å². The summed E-state index contributed by atoms with van der Waals surface area (Å²) in [5.41, 5.74) is 4.06. The number of aryl methyl sites for hydroxylation is 1. The number of ether oxygens (including phenoxy) is 1. The maximum atomic E-state index is 13.1. The average molecular weight is 388 g/mol. The van der Waals surface area contributed by atoms with Crippen molar-refractivity contribution < 1.29 is 9.53 Å². The minimum Gasteiger partial charge on any atom is -0.378 e. The summed E-state index contributed by atoms with van der Waals surface area (Å²) < 4.78 is 5.44. The molecule has 0 radical (unpaired) electrons. The van der Waals surface area contributed by atoms with E-state index in [0.717, 1.165) is 48.6 Å². The van der Waals surface area contributed by atoms with Gasteiger partial charge in [-0.25, -0.2) is 0 Å². The van der Waals surface area contributed by atoms with Crippen molar-refractivity contribution >= 4 is 23.0 Å². The highest BCUT2D eigenvalue weighted by atomic mass is 16.5. The van der Waals surface area contributed by atoms with Gasteiger partial charge >= 0.3 is 0 Å². The van der Waals surface area contributed by atoms with Crippen LogP contribution in [0.5, 0.6) is 0 Å². The summed E-state index contributed by atoms with van der Waals surface area (Å²) in [6, 6.07) is 17.9. The van der Waals surface area contributed by atoms with E-state index in [2.05, 4.69) is 16.3 Å². The lowest BCUT2D eigenvalue weighted by molar-refractivity contribution is -0.114. The van der Waals surface area contributed by atoms with Gasteiger partial charge in [0.2, 0.25) is 0 Å². The number of nitrogens with one attached hydrogen (secondary N) is 1. The third-order valence-electron chi connectivity index (χ3n) is 5.33. The summed E-state index contributed by atoms with van der Waals surface area (Å²) in [4.78, 5) is 17.0. The quantitative estimate of drug-likeness (QED) is 0.643. The third kappa shape index (κ3) is 4.10. The molecule has 2 aliphatic rings. The minimum absolute atomic E-state index is 0.0958. The van der Waals surface area contributed by atoms with Crippen molar-refractivity contribution in [3.8, 4) is 6.07 Å². The van der Waals surface area contributed by atoms with Gasteiger partial charge in [-0.05, 0) is 36.6 Å². The fraction of sp³-hybridized carbons (Fsp3) is 0.304. The van der Waals surface area contributed by atoms with Gasteiger partial charge in [-0.2, -0.15) is 5.26 Å². The van der Waals surface area contributed by atoms with E-state index >= 15 is 0 Å². The fourth-order valence-corrected chi connectivity index (χ4v) is 3.86. The molecule has 2 heterocycles. The highest BCUT2D eigenvalue weighted by Crippen LogP contribution is 2.29. The number of benzene rings is 2. The summed E-state index contributed by atoms with van der Waals surface area (Å²) in [6.45, 7) is 3.65. The first-order valence-electron chi connectivity index (χ1n) is 9.96. The number of fused-ring (bicyclic) bond motifs is 1. The zero-order valence-corrected chi connectivity index (χ0v) is 16.3. The molecule has 148 valence electrons. The predicted molar refractivity (Wildman–Crippen MR) is 114 cm³/mol. The molecule has 0 bridgehead atoms. The van der Waals surface area contributed by atoms with E-state index in [-0.39, 0.29) is 11.5 Å². The van der Waals surface area contributed by atoms with Crippen LogP contribution in [0.3, 0.4) is 0 Å². The minimum atomic E-state index is -0.268. The van der Waals surface area contributed by atoms with Gasteiger partial charge in [-0.1, -0.05) is 30.3 Å². The molecule has 0 aliphatic carbocycles.